The number of benzene rings is 4. The van der Waals surface area contributed by atoms with Gasteiger partial charge in [-0.2, -0.15) is 0 Å². The molecule has 0 unspecified atom stereocenters. The van der Waals surface area contributed by atoms with Crippen LogP contribution >= 0.6 is 11.3 Å². The van der Waals surface area contributed by atoms with Crippen molar-refractivity contribution >= 4 is 43.0 Å². The lowest BCUT2D eigenvalue weighted by Crippen LogP contribution is -1.89. The van der Waals surface area contributed by atoms with Crippen LogP contribution in [0.2, 0.25) is 0 Å². The van der Waals surface area contributed by atoms with Crippen LogP contribution < -0.4 is 0 Å². The molecule has 4 aromatic carbocycles. The normalized spacial score (nSPS) is 11.5. The van der Waals surface area contributed by atoms with E-state index in [4.69, 9.17) is 4.98 Å². The molecule has 6 aromatic rings. The highest BCUT2D eigenvalue weighted by molar-refractivity contribution is 7.22. The van der Waals surface area contributed by atoms with Crippen molar-refractivity contribution in [3.8, 4) is 21.7 Å². The molecule has 0 aliphatic heterocycles. The Morgan fingerprint density at radius 1 is 0.700 bits per heavy atom. The minimum absolute atomic E-state index is 1.07. The molecule has 1 nitrogen and oxygen atoms in total. The van der Waals surface area contributed by atoms with Crippen molar-refractivity contribution in [3.63, 3.8) is 0 Å². The van der Waals surface area contributed by atoms with Crippen LogP contribution in [0.4, 0.5) is 0 Å². The first kappa shape index (κ1) is 17.4. The first-order valence-electron chi connectivity index (χ1n) is 10.2. The van der Waals surface area contributed by atoms with E-state index in [2.05, 4.69) is 97.9 Å². The van der Waals surface area contributed by atoms with Crippen molar-refractivity contribution in [1.82, 2.24) is 4.98 Å². The second kappa shape index (κ2) is 6.79. The van der Waals surface area contributed by atoms with Gasteiger partial charge >= 0.3 is 0 Å². The third kappa shape index (κ3) is 2.58. The predicted octanol–water partition coefficient (Wildman–Crippen LogP) is 8.25. The third-order valence-corrected chi connectivity index (χ3v) is 7.21. The summed E-state index contributed by atoms with van der Waals surface area (Å²) >= 11 is 1.85. The van der Waals surface area contributed by atoms with Gasteiger partial charge in [0.15, 0.2) is 0 Å². The van der Waals surface area contributed by atoms with Gasteiger partial charge in [-0.15, -0.1) is 11.3 Å². The van der Waals surface area contributed by atoms with E-state index in [0.29, 0.717) is 0 Å². The average Bonchev–Trinajstić information content (AvgIpc) is 3.16. The molecule has 30 heavy (non-hydrogen) atoms. The van der Waals surface area contributed by atoms with E-state index < -0.39 is 0 Å². The van der Waals surface area contributed by atoms with E-state index in [1.807, 2.05) is 17.5 Å². The number of aromatic nitrogens is 1. The number of hydrogen-bond donors (Lipinski definition) is 0. The summed E-state index contributed by atoms with van der Waals surface area (Å²) in [5.74, 6) is 0. The van der Waals surface area contributed by atoms with Crippen LogP contribution in [0.15, 0.2) is 97.2 Å². The SMILES string of the molecule is Cc1c(-c2ccccc2)sc2ccnc(-c3cc4ccccc4c4ccccc34)c12. The number of fused-ring (bicyclic) bond motifs is 4. The topological polar surface area (TPSA) is 12.9 Å². The maximum absolute atomic E-state index is 4.91. The Bertz CT molecular complexity index is 1540. The molecule has 6 rings (SSSR count). The summed E-state index contributed by atoms with van der Waals surface area (Å²) in [5, 5.41) is 6.34. The first-order chi connectivity index (χ1) is 14.8. The molecule has 0 aliphatic carbocycles. The molecule has 0 bridgehead atoms. The highest BCUT2D eigenvalue weighted by atomic mass is 32.1. The number of rotatable bonds is 2. The van der Waals surface area contributed by atoms with Crippen LogP contribution in [-0.2, 0) is 0 Å². The van der Waals surface area contributed by atoms with Crippen molar-refractivity contribution in [1.29, 1.82) is 0 Å². The Hall–Kier alpha value is -3.49. The van der Waals surface area contributed by atoms with Crippen LogP contribution in [0.25, 0.3) is 53.3 Å². The number of hydrogen-bond acceptors (Lipinski definition) is 2. The number of thiophene rings is 1. The molecule has 2 heteroatoms. The second-order valence-electron chi connectivity index (χ2n) is 7.65. The summed E-state index contributed by atoms with van der Waals surface area (Å²) in [6.45, 7) is 2.23. The molecule has 142 valence electrons. The summed E-state index contributed by atoms with van der Waals surface area (Å²) in [4.78, 5) is 6.23. The largest absolute Gasteiger partial charge is 0.255 e. The fourth-order valence-electron chi connectivity index (χ4n) is 4.51. The molecule has 0 aliphatic rings. The van der Waals surface area contributed by atoms with Gasteiger partial charge < -0.3 is 0 Å². The van der Waals surface area contributed by atoms with Gasteiger partial charge in [0.25, 0.3) is 0 Å². The lowest BCUT2D eigenvalue weighted by molar-refractivity contribution is 1.36. The van der Waals surface area contributed by atoms with Gasteiger partial charge in [-0.3, -0.25) is 4.98 Å². The van der Waals surface area contributed by atoms with Gasteiger partial charge in [-0.1, -0.05) is 78.9 Å². The Morgan fingerprint density at radius 2 is 1.40 bits per heavy atom. The molecule has 2 heterocycles. The van der Waals surface area contributed by atoms with Crippen molar-refractivity contribution in [3.05, 3.63) is 103 Å². The maximum Gasteiger partial charge on any atom is 0.0798 e. The zero-order valence-electron chi connectivity index (χ0n) is 16.6. The standard InChI is InChI=1S/C28H19NS/c1-18-26-25(30-28(18)19-9-3-2-4-10-19)15-16-29-27(26)24-17-20-11-5-6-12-21(20)22-13-7-8-14-23(22)24/h2-17H,1H3. The zero-order chi connectivity index (χ0) is 20.1. The highest BCUT2D eigenvalue weighted by Gasteiger charge is 2.17. The van der Waals surface area contributed by atoms with E-state index in [9.17, 15) is 0 Å². The summed E-state index contributed by atoms with van der Waals surface area (Å²) in [7, 11) is 0. The zero-order valence-corrected chi connectivity index (χ0v) is 17.4. The van der Waals surface area contributed by atoms with Gasteiger partial charge in [0, 0.05) is 26.7 Å². The lowest BCUT2D eigenvalue weighted by Gasteiger charge is -2.12. The fraction of sp³-hybridized carbons (Fsp3) is 0.0357. The number of aryl methyl sites for hydroxylation is 1. The molecule has 0 saturated heterocycles. The molecule has 2 aromatic heterocycles. The smallest absolute Gasteiger partial charge is 0.0798 e. The predicted molar refractivity (Wildman–Crippen MR) is 130 cm³/mol. The molecular formula is C28H19NS. The Kier molecular flexibility index (Phi) is 3.93. The van der Waals surface area contributed by atoms with Crippen LogP contribution in [-0.4, -0.2) is 4.98 Å². The minimum atomic E-state index is 1.07. The van der Waals surface area contributed by atoms with Crippen LogP contribution in [0.3, 0.4) is 0 Å². The highest BCUT2D eigenvalue weighted by Crippen LogP contribution is 2.43. The first-order valence-corrected chi connectivity index (χ1v) is 11.0. The summed E-state index contributed by atoms with van der Waals surface area (Å²) < 4.78 is 1.29. The second-order valence-corrected chi connectivity index (χ2v) is 8.70. The summed E-state index contributed by atoms with van der Waals surface area (Å²) in [6.07, 6.45) is 1.95. The minimum Gasteiger partial charge on any atom is -0.255 e. The van der Waals surface area contributed by atoms with Crippen LogP contribution in [0.5, 0.6) is 0 Å². The van der Waals surface area contributed by atoms with Gasteiger partial charge in [0.1, 0.15) is 0 Å². The van der Waals surface area contributed by atoms with E-state index in [1.165, 1.54) is 53.2 Å². The molecule has 0 fully saturated rings. The Balaban J connectivity index is 1.72. The number of nitrogens with zero attached hydrogens (tertiary/aromatic N) is 1. The van der Waals surface area contributed by atoms with Crippen molar-refractivity contribution in [2.24, 2.45) is 0 Å². The monoisotopic (exact) mass is 401 g/mol. The molecule has 0 spiro atoms. The summed E-state index contributed by atoms with van der Waals surface area (Å²) in [5.41, 5.74) is 4.85. The van der Waals surface area contributed by atoms with Crippen molar-refractivity contribution in [2.45, 2.75) is 6.92 Å². The van der Waals surface area contributed by atoms with Gasteiger partial charge in [-0.25, -0.2) is 0 Å². The lowest BCUT2D eigenvalue weighted by atomic mass is 9.93. The molecule has 0 amide bonds. The summed E-state index contributed by atoms with van der Waals surface area (Å²) in [6, 6.07) is 32.4. The molecule has 0 N–H and O–H groups in total. The van der Waals surface area contributed by atoms with Gasteiger partial charge in [0.2, 0.25) is 0 Å². The average molecular weight is 402 g/mol. The maximum atomic E-state index is 4.91. The van der Waals surface area contributed by atoms with E-state index in [0.717, 1.165) is 5.69 Å². The quantitative estimate of drug-likeness (QED) is 0.266. The fourth-order valence-corrected chi connectivity index (χ4v) is 5.72. The molecule has 0 radical (unpaired) electrons. The van der Waals surface area contributed by atoms with E-state index in [-0.39, 0.29) is 0 Å². The van der Waals surface area contributed by atoms with Gasteiger partial charge in [-0.05, 0) is 51.7 Å². The number of pyridine rings is 1. The van der Waals surface area contributed by atoms with Crippen molar-refractivity contribution in [2.75, 3.05) is 0 Å². The van der Waals surface area contributed by atoms with Crippen molar-refractivity contribution < 1.29 is 0 Å². The molecule has 0 saturated carbocycles. The van der Waals surface area contributed by atoms with Crippen LogP contribution in [0, 0.1) is 6.92 Å². The Labute approximate surface area is 179 Å². The van der Waals surface area contributed by atoms with E-state index in [1.54, 1.807) is 0 Å². The Morgan fingerprint density at radius 3 is 2.23 bits per heavy atom. The van der Waals surface area contributed by atoms with E-state index >= 15 is 0 Å². The van der Waals surface area contributed by atoms with Crippen LogP contribution in [0.1, 0.15) is 5.56 Å². The third-order valence-electron chi connectivity index (χ3n) is 5.90. The van der Waals surface area contributed by atoms with Gasteiger partial charge in [0.05, 0.1) is 5.69 Å². The molecular weight excluding hydrogens is 382 g/mol. The molecule has 0 atom stereocenters.